The summed E-state index contributed by atoms with van der Waals surface area (Å²) in [6.45, 7) is 5.05. The lowest BCUT2D eigenvalue weighted by molar-refractivity contribution is -0.159. The van der Waals surface area contributed by atoms with Crippen LogP contribution in [0.4, 0.5) is 5.95 Å². The van der Waals surface area contributed by atoms with Gasteiger partial charge in [0.1, 0.15) is 0 Å². The Balaban J connectivity index is 0.000000409. The molecule has 3 N–H and O–H groups in total. The molecule has 0 aliphatic carbocycles. The number of aryl methyl sites for hydroxylation is 2. The first kappa shape index (κ1) is 20.7. The van der Waals surface area contributed by atoms with Crippen LogP contribution in [-0.2, 0) is 23.2 Å². The summed E-state index contributed by atoms with van der Waals surface area (Å²) in [7, 11) is 2.05. The molecule has 0 amide bonds. The standard InChI is InChI=1S/C19H21N3.C2H2O4/c1-14-9-10-17(11-15(14)2)18-13-21-19(22(18)3)20-12-16-7-5-4-6-8-16;3-1(4)2(5)6/h4-11,13H,12H2,1-3H3,(H,20,21);(H,3,4)(H,5,6). The van der Waals surface area contributed by atoms with Gasteiger partial charge in [-0.2, -0.15) is 0 Å². The Morgan fingerprint density at radius 1 is 1.00 bits per heavy atom. The second-order valence-corrected chi connectivity index (χ2v) is 6.27. The summed E-state index contributed by atoms with van der Waals surface area (Å²) in [5, 5.41) is 18.2. The van der Waals surface area contributed by atoms with Crippen LogP contribution in [0.2, 0.25) is 0 Å². The molecule has 0 aliphatic heterocycles. The molecule has 7 nitrogen and oxygen atoms in total. The molecule has 2 aromatic carbocycles. The molecule has 7 heteroatoms. The number of nitrogens with one attached hydrogen (secondary N) is 1. The van der Waals surface area contributed by atoms with Crippen molar-refractivity contribution in [3.8, 4) is 11.3 Å². The summed E-state index contributed by atoms with van der Waals surface area (Å²) in [5.41, 5.74) is 6.19. The Hall–Kier alpha value is -3.61. The fraction of sp³-hybridized carbons (Fsp3) is 0.190. The zero-order valence-corrected chi connectivity index (χ0v) is 16.0. The highest BCUT2D eigenvalue weighted by molar-refractivity contribution is 6.27. The van der Waals surface area contributed by atoms with E-state index in [2.05, 4.69) is 71.2 Å². The second kappa shape index (κ2) is 9.36. The number of hydrogen-bond donors (Lipinski definition) is 3. The molecule has 0 spiro atoms. The number of anilines is 1. The molecular formula is C21H23N3O4. The molecule has 0 unspecified atom stereocenters. The number of carboxylic acid groups (broad SMARTS) is 2. The number of carboxylic acids is 2. The van der Waals surface area contributed by atoms with E-state index < -0.39 is 11.9 Å². The van der Waals surface area contributed by atoms with E-state index in [1.165, 1.54) is 22.3 Å². The van der Waals surface area contributed by atoms with E-state index in [0.29, 0.717) is 0 Å². The number of aromatic nitrogens is 2. The summed E-state index contributed by atoms with van der Waals surface area (Å²) in [6.07, 6.45) is 1.93. The van der Waals surface area contributed by atoms with Gasteiger partial charge in [-0.3, -0.25) is 0 Å². The van der Waals surface area contributed by atoms with E-state index in [1.54, 1.807) is 0 Å². The molecule has 0 bridgehead atoms. The highest BCUT2D eigenvalue weighted by Crippen LogP contribution is 2.24. The first-order valence-electron chi connectivity index (χ1n) is 8.63. The number of aliphatic carboxylic acids is 2. The lowest BCUT2D eigenvalue weighted by Crippen LogP contribution is -2.09. The Bertz CT molecular complexity index is 953. The molecular weight excluding hydrogens is 358 g/mol. The molecule has 0 saturated carbocycles. The molecule has 0 atom stereocenters. The Kier molecular flexibility index (Phi) is 6.92. The van der Waals surface area contributed by atoms with Crippen molar-refractivity contribution in [2.45, 2.75) is 20.4 Å². The van der Waals surface area contributed by atoms with Crippen LogP contribution < -0.4 is 5.32 Å². The van der Waals surface area contributed by atoms with Crippen LogP contribution in [0.5, 0.6) is 0 Å². The lowest BCUT2D eigenvalue weighted by Gasteiger charge is -2.09. The van der Waals surface area contributed by atoms with E-state index in [1.807, 2.05) is 19.3 Å². The average Bonchev–Trinajstić information content (AvgIpc) is 3.04. The van der Waals surface area contributed by atoms with Crippen LogP contribution in [0.3, 0.4) is 0 Å². The van der Waals surface area contributed by atoms with Gasteiger partial charge in [-0.1, -0.05) is 42.5 Å². The van der Waals surface area contributed by atoms with Crippen molar-refractivity contribution in [1.82, 2.24) is 9.55 Å². The van der Waals surface area contributed by atoms with Crippen molar-refractivity contribution in [3.63, 3.8) is 0 Å². The Morgan fingerprint density at radius 2 is 1.64 bits per heavy atom. The molecule has 3 aromatic rings. The monoisotopic (exact) mass is 381 g/mol. The number of hydrogen-bond acceptors (Lipinski definition) is 4. The van der Waals surface area contributed by atoms with Gasteiger partial charge in [0.05, 0.1) is 11.9 Å². The molecule has 0 aliphatic rings. The van der Waals surface area contributed by atoms with E-state index in [9.17, 15) is 0 Å². The molecule has 0 radical (unpaired) electrons. The average molecular weight is 381 g/mol. The van der Waals surface area contributed by atoms with Crippen LogP contribution in [0.1, 0.15) is 16.7 Å². The van der Waals surface area contributed by atoms with Crippen molar-refractivity contribution in [3.05, 3.63) is 71.4 Å². The number of imidazole rings is 1. The summed E-state index contributed by atoms with van der Waals surface area (Å²) in [4.78, 5) is 22.7. The van der Waals surface area contributed by atoms with Crippen LogP contribution in [0.15, 0.2) is 54.7 Å². The maximum atomic E-state index is 9.10. The third-order valence-electron chi connectivity index (χ3n) is 4.27. The van der Waals surface area contributed by atoms with Crippen LogP contribution in [-0.4, -0.2) is 31.7 Å². The number of benzene rings is 2. The molecule has 1 heterocycles. The van der Waals surface area contributed by atoms with Gasteiger partial charge in [-0.05, 0) is 36.6 Å². The minimum absolute atomic E-state index is 0.776. The van der Waals surface area contributed by atoms with Gasteiger partial charge in [0.25, 0.3) is 0 Å². The number of nitrogens with zero attached hydrogens (tertiary/aromatic N) is 2. The summed E-state index contributed by atoms with van der Waals surface area (Å²) < 4.78 is 2.10. The van der Waals surface area contributed by atoms with Crippen molar-refractivity contribution in [2.75, 3.05) is 5.32 Å². The van der Waals surface area contributed by atoms with Gasteiger partial charge in [-0.15, -0.1) is 0 Å². The van der Waals surface area contributed by atoms with E-state index in [0.717, 1.165) is 18.2 Å². The van der Waals surface area contributed by atoms with Gasteiger partial charge >= 0.3 is 11.9 Å². The number of carbonyl (C=O) groups is 2. The minimum atomic E-state index is -1.82. The maximum absolute atomic E-state index is 9.10. The first-order chi connectivity index (χ1) is 13.3. The van der Waals surface area contributed by atoms with E-state index >= 15 is 0 Å². The van der Waals surface area contributed by atoms with Crippen molar-refractivity contribution in [2.24, 2.45) is 7.05 Å². The van der Waals surface area contributed by atoms with Gasteiger partial charge < -0.3 is 20.1 Å². The maximum Gasteiger partial charge on any atom is 0.414 e. The lowest BCUT2D eigenvalue weighted by atomic mass is 10.0. The third-order valence-corrected chi connectivity index (χ3v) is 4.27. The largest absolute Gasteiger partial charge is 0.473 e. The fourth-order valence-electron chi connectivity index (χ4n) is 2.52. The Morgan fingerprint density at radius 3 is 2.21 bits per heavy atom. The highest BCUT2D eigenvalue weighted by Gasteiger charge is 2.09. The van der Waals surface area contributed by atoms with Crippen molar-refractivity contribution < 1.29 is 19.8 Å². The minimum Gasteiger partial charge on any atom is -0.473 e. The predicted molar refractivity (Wildman–Crippen MR) is 107 cm³/mol. The SMILES string of the molecule is Cc1ccc(-c2cnc(NCc3ccccc3)n2C)cc1C.O=C(O)C(=O)O. The van der Waals surface area contributed by atoms with Crippen LogP contribution in [0.25, 0.3) is 11.3 Å². The first-order valence-corrected chi connectivity index (χ1v) is 8.63. The third kappa shape index (κ3) is 5.44. The summed E-state index contributed by atoms with van der Waals surface area (Å²) in [5.74, 6) is -2.76. The van der Waals surface area contributed by atoms with Gasteiger partial charge in [0, 0.05) is 19.2 Å². The predicted octanol–water partition coefficient (Wildman–Crippen LogP) is 3.47. The van der Waals surface area contributed by atoms with Crippen molar-refractivity contribution in [1.29, 1.82) is 0 Å². The molecule has 0 saturated heterocycles. The van der Waals surface area contributed by atoms with Crippen molar-refractivity contribution >= 4 is 17.9 Å². The fourth-order valence-corrected chi connectivity index (χ4v) is 2.52. The normalized spacial score (nSPS) is 9.96. The number of rotatable bonds is 4. The zero-order chi connectivity index (χ0) is 20.7. The smallest absolute Gasteiger partial charge is 0.414 e. The van der Waals surface area contributed by atoms with Gasteiger partial charge in [-0.25, -0.2) is 14.6 Å². The Labute approximate surface area is 163 Å². The van der Waals surface area contributed by atoms with E-state index in [4.69, 9.17) is 19.8 Å². The van der Waals surface area contributed by atoms with Gasteiger partial charge in [0.2, 0.25) is 5.95 Å². The molecule has 146 valence electrons. The second-order valence-electron chi connectivity index (χ2n) is 6.27. The molecule has 3 rings (SSSR count). The molecule has 0 fully saturated rings. The topological polar surface area (TPSA) is 104 Å². The summed E-state index contributed by atoms with van der Waals surface area (Å²) in [6, 6.07) is 16.9. The highest BCUT2D eigenvalue weighted by atomic mass is 16.4. The quantitative estimate of drug-likeness (QED) is 0.598. The van der Waals surface area contributed by atoms with Gasteiger partial charge in [0.15, 0.2) is 0 Å². The molecule has 28 heavy (non-hydrogen) atoms. The van der Waals surface area contributed by atoms with Crippen LogP contribution >= 0.6 is 0 Å². The molecule has 1 aromatic heterocycles. The zero-order valence-electron chi connectivity index (χ0n) is 16.0. The summed E-state index contributed by atoms with van der Waals surface area (Å²) >= 11 is 0. The van der Waals surface area contributed by atoms with E-state index in [-0.39, 0.29) is 0 Å². The van der Waals surface area contributed by atoms with Crippen LogP contribution in [0, 0.1) is 13.8 Å².